The first-order valence-corrected chi connectivity index (χ1v) is 12.4. The number of hydrogen-bond acceptors (Lipinski definition) is 2. The Kier molecular flexibility index (Phi) is 5.06. The molecule has 166 valence electrons. The third-order valence-corrected chi connectivity index (χ3v) is 8.28. The van der Waals surface area contributed by atoms with Gasteiger partial charge in [0.25, 0.3) is 0 Å². The molecule has 1 saturated carbocycles. The summed E-state index contributed by atoms with van der Waals surface area (Å²) in [6.45, 7) is 3.91. The van der Waals surface area contributed by atoms with E-state index in [1.165, 1.54) is 40.6 Å². The fourth-order valence-electron chi connectivity index (χ4n) is 6.59. The Hall–Kier alpha value is -2.59. The van der Waals surface area contributed by atoms with E-state index < -0.39 is 0 Å². The number of aromatic amines is 1. The quantitative estimate of drug-likeness (QED) is 0.621. The van der Waals surface area contributed by atoms with Gasteiger partial charge in [-0.15, -0.1) is 0 Å². The molecule has 0 radical (unpaired) electrons. The number of hydrogen-bond donors (Lipinski definition) is 1. The predicted molar refractivity (Wildman–Crippen MR) is 128 cm³/mol. The van der Waals surface area contributed by atoms with Gasteiger partial charge in [0.15, 0.2) is 0 Å². The highest BCUT2D eigenvalue weighted by atomic mass is 16.2. The predicted octanol–water partition coefficient (Wildman–Crippen LogP) is 5.23. The zero-order valence-corrected chi connectivity index (χ0v) is 18.9. The molecule has 32 heavy (non-hydrogen) atoms. The molecule has 0 atom stereocenters. The summed E-state index contributed by atoms with van der Waals surface area (Å²) in [6.07, 6.45) is 7.55. The molecule has 4 heteroatoms. The van der Waals surface area contributed by atoms with E-state index in [0.717, 1.165) is 58.3 Å². The summed E-state index contributed by atoms with van der Waals surface area (Å²) < 4.78 is 0. The number of nitrogens with zero attached hydrogens (tertiary/aromatic N) is 2. The van der Waals surface area contributed by atoms with Gasteiger partial charge in [0.2, 0.25) is 5.91 Å². The maximum Gasteiger partial charge on any atom is 0.226 e. The first kappa shape index (κ1) is 20.0. The lowest BCUT2D eigenvalue weighted by Crippen LogP contribution is -2.59. The minimum atomic E-state index is -0.181. The Labute approximate surface area is 190 Å². The molecule has 3 heterocycles. The number of nitrogens with one attached hydrogen (secondary N) is 1. The number of benzene rings is 2. The van der Waals surface area contributed by atoms with Crippen LogP contribution in [0.5, 0.6) is 0 Å². The van der Waals surface area contributed by atoms with Crippen molar-refractivity contribution in [3.63, 3.8) is 0 Å². The minimum Gasteiger partial charge on any atom is -0.356 e. The minimum absolute atomic E-state index is 0.181. The van der Waals surface area contributed by atoms with Crippen molar-refractivity contribution in [1.82, 2.24) is 14.8 Å². The van der Waals surface area contributed by atoms with Gasteiger partial charge in [0.05, 0.1) is 5.54 Å². The molecule has 2 fully saturated rings. The van der Waals surface area contributed by atoms with Crippen LogP contribution >= 0.6 is 0 Å². The van der Waals surface area contributed by atoms with E-state index in [2.05, 4.69) is 69.4 Å². The number of likely N-dealkylation sites (tertiary alicyclic amines) is 1. The van der Waals surface area contributed by atoms with Crippen LogP contribution < -0.4 is 0 Å². The Morgan fingerprint density at radius 3 is 2.44 bits per heavy atom. The summed E-state index contributed by atoms with van der Waals surface area (Å²) in [5, 5.41) is 1.35. The van der Waals surface area contributed by atoms with Gasteiger partial charge in [-0.2, -0.15) is 0 Å². The normalized spacial score (nSPS) is 21.3. The van der Waals surface area contributed by atoms with Gasteiger partial charge in [-0.05, 0) is 49.3 Å². The first-order chi connectivity index (χ1) is 15.7. The molecule has 1 spiro atoms. The smallest absolute Gasteiger partial charge is 0.226 e. The molecule has 3 aromatic rings. The number of fused-ring (bicyclic) bond motifs is 4. The lowest BCUT2D eigenvalue weighted by molar-refractivity contribution is -0.146. The molecule has 0 unspecified atom stereocenters. The average molecular weight is 428 g/mol. The molecule has 3 aliphatic rings. The van der Waals surface area contributed by atoms with Gasteiger partial charge in [0, 0.05) is 48.7 Å². The van der Waals surface area contributed by atoms with E-state index in [-0.39, 0.29) is 11.5 Å². The molecule has 1 saturated heterocycles. The third kappa shape index (κ3) is 3.27. The summed E-state index contributed by atoms with van der Waals surface area (Å²) in [7, 11) is 0. The van der Waals surface area contributed by atoms with Gasteiger partial charge in [-0.1, -0.05) is 61.4 Å². The number of piperidine rings is 1. The maximum absolute atomic E-state index is 13.8. The van der Waals surface area contributed by atoms with Gasteiger partial charge in [-0.25, -0.2) is 0 Å². The van der Waals surface area contributed by atoms with Crippen LogP contribution in [-0.2, 0) is 23.3 Å². The molecule has 0 bridgehead atoms. The lowest BCUT2D eigenvalue weighted by Gasteiger charge is -2.52. The molecule has 1 N–H and O–H groups in total. The first-order valence-electron chi connectivity index (χ1n) is 12.4. The van der Waals surface area contributed by atoms with E-state index in [0.29, 0.717) is 5.91 Å². The van der Waals surface area contributed by atoms with E-state index >= 15 is 0 Å². The maximum atomic E-state index is 13.8. The Morgan fingerprint density at radius 2 is 1.66 bits per heavy atom. The van der Waals surface area contributed by atoms with Crippen LogP contribution in [0.25, 0.3) is 10.9 Å². The average Bonchev–Trinajstić information content (AvgIpc) is 3.50. The highest BCUT2D eigenvalue weighted by Crippen LogP contribution is 2.46. The Morgan fingerprint density at radius 1 is 0.938 bits per heavy atom. The number of carbonyl (C=O) groups excluding carboxylic acids is 1. The van der Waals surface area contributed by atoms with Crippen molar-refractivity contribution in [3.05, 3.63) is 71.4 Å². The van der Waals surface area contributed by atoms with Crippen LogP contribution in [0.1, 0.15) is 55.3 Å². The zero-order chi connectivity index (χ0) is 21.5. The molecular weight excluding hydrogens is 394 g/mol. The Bertz CT molecular complexity index is 1100. The van der Waals surface area contributed by atoms with Crippen molar-refractivity contribution in [2.24, 2.45) is 5.92 Å². The molecule has 6 rings (SSSR count). The van der Waals surface area contributed by atoms with Crippen molar-refractivity contribution in [2.45, 2.75) is 57.0 Å². The fraction of sp³-hybridized carbons (Fsp3) is 0.464. The third-order valence-electron chi connectivity index (χ3n) is 8.28. The van der Waals surface area contributed by atoms with E-state index in [4.69, 9.17) is 0 Å². The number of para-hydroxylation sites is 1. The van der Waals surface area contributed by atoms with Crippen molar-refractivity contribution < 1.29 is 4.79 Å². The van der Waals surface area contributed by atoms with Crippen molar-refractivity contribution in [2.75, 3.05) is 19.6 Å². The number of rotatable bonds is 3. The lowest BCUT2D eigenvalue weighted by atomic mass is 9.76. The van der Waals surface area contributed by atoms with Crippen LogP contribution in [0.2, 0.25) is 0 Å². The fourth-order valence-corrected chi connectivity index (χ4v) is 6.59. The summed E-state index contributed by atoms with van der Waals surface area (Å²) in [4.78, 5) is 22.5. The Balaban J connectivity index is 1.34. The highest BCUT2D eigenvalue weighted by Gasteiger charge is 2.49. The molecular formula is C28H33N3O. The van der Waals surface area contributed by atoms with Gasteiger partial charge >= 0.3 is 0 Å². The summed E-state index contributed by atoms with van der Waals surface area (Å²) in [5.41, 5.74) is 5.19. The second-order valence-electron chi connectivity index (χ2n) is 10.0. The van der Waals surface area contributed by atoms with Crippen LogP contribution in [-0.4, -0.2) is 40.3 Å². The zero-order valence-electron chi connectivity index (χ0n) is 18.9. The summed E-state index contributed by atoms with van der Waals surface area (Å²) >= 11 is 0. The van der Waals surface area contributed by atoms with Crippen LogP contribution in [0.4, 0.5) is 0 Å². The molecule has 1 aliphatic carbocycles. The molecule has 1 aromatic heterocycles. The van der Waals surface area contributed by atoms with Crippen molar-refractivity contribution in [1.29, 1.82) is 0 Å². The standard InChI is InChI=1S/C28H33N3O/c32-27(22-10-4-5-11-22)31-17-14-24-23-12-6-7-13-25(23)29-26(24)28(31)15-18-30(19-16-28)20-21-8-2-1-3-9-21/h1-3,6-9,12-13,22,29H,4-5,10-11,14-20H2. The second kappa shape index (κ2) is 8.08. The van der Waals surface area contributed by atoms with Crippen molar-refractivity contribution in [3.8, 4) is 0 Å². The summed E-state index contributed by atoms with van der Waals surface area (Å²) in [6, 6.07) is 19.5. The van der Waals surface area contributed by atoms with Gasteiger partial charge in [-0.3, -0.25) is 9.69 Å². The van der Waals surface area contributed by atoms with Crippen LogP contribution in [0.15, 0.2) is 54.6 Å². The monoisotopic (exact) mass is 427 g/mol. The number of carbonyl (C=O) groups is 1. The van der Waals surface area contributed by atoms with Crippen LogP contribution in [0, 0.1) is 5.92 Å². The largest absolute Gasteiger partial charge is 0.356 e. The van der Waals surface area contributed by atoms with Gasteiger partial charge < -0.3 is 9.88 Å². The highest BCUT2D eigenvalue weighted by molar-refractivity contribution is 5.87. The summed E-state index contributed by atoms with van der Waals surface area (Å²) in [5.74, 6) is 0.656. The van der Waals surface area contributed by atoms with E-state index in [9.17, 15) is 4.79 Å². The van der Waals surface area contributed by atoms with Gasteiger partial charge in [0.1, 0.15) is 0 Å². The van der Waals surface area contributed by atoms with Crippen LogP contribution in [0.3, 0.4) is 0 Å². The number of amides is 1. The molecule has 2 aromatic carbocycles. The molecule has 2 aliphatic heterocycles. The number of H-pyrrole nitrogens is 1. The molecule has 4 nitrogen and oxygen atoms in total. The molecule has 1 amide bonds. The topological polar surface area (TPSA) is 39.3 Å². The van der Waals surface area contributed by atoms with Crippen molar-refractivity contribution >= 4 is 16.8 Å². The SMILES string of the molecule is O=C(C1CCCC1)N1CCc2c([nH]c3ccccc23)C12CCN(Cc1ccccc1)CC2. The number of aromatic nitrogens is 1. The second-order valence-corrected chi connectivity index (χ2v) is 10.0. The van der Waals surface area contributed by atoms with E-state index in [1.54, 1.807) is 0 Å². The van der Waals surface area contributed by atoms with E-state index in [1.807, 2.05) is 0 Å².